The van der Waals surface area contributed by atoms with Crippen LogP contribution in [-0.2, 0) is 0 Å². The van der Waals surface area contributed by atoms with E-state index in [2.05, 4.69) is 43.0 Å². The highest BCUT2D eigenvalue weighted by molar-refractivity contribution is 4.97. The van der Waals surface area contributed by atoms with Crippen LogP contribution in [0.4, 0.5) is 0 Å². The largest absolute Gasteiger partial charge is 0.356 e. The molecule has 0 aromatic rings. The zero-order valence-electron chi connectivity index (χ0n) is 24.7. The molecule has 2 nitrogen and oxygen atoms in total. The predicted molar refractivity (Wildman–Crippen MR) is 159 cm³/mol. The van der Waals surface area contributed by atoms with Gasteiger partial charge in [-0.3, -0.25) is 0 Å². The molecule has 0 fully saturated rings. The summed E-state index contributed by atoms with van der Waals surface area (Å²) in [6.45, 7) is 9.46. The monoisotopic (exact) mass is 491 g/mol. The van der Waals surface area contributed by atoms with Crippen molar-refractivity contribution < 1.29 is 0 Å². The van der Waals surface area contributed by atoms with E-state index in [1.54, 1.807) is 0 Å². The van der Waals surface area contributed by atoms with E-state index >= 15 is 0 Å². The second-order valence-electron chi connectivity index (χ2n) is 11.5. The average molecular weight is 491 g/mol. The van der Waals surface area contributed by atoms with Crippen molar-refractivity contribution in [2.45, 2.75) is 187 Å². The number of rotatable bonds is 27. The minimum absolute atomic E-state index is 0.643. The first-order chi connectivity index (χ1) is 17.3. The van der Waals surface area contributed by atoms with E-state index < -0.39 is 0 Å². The molecule has 1 aliphatic heterocycles. The van der Waals surface area contributed by atoms with Crippen LogP contribution in [0.5, 0.6) is 0 Å². The lowest BCUT2D eigenvalue weighted by Crippen LogP contribution is -2.39. The molecule has 0 aromatic carbocycles. The van der Waals surface area contributed by atoms with Gasteiger partial charge in [0.25, 0.3) is 0 Å². The summed E-state index contributed by atoms with van der Waals surface area (Å²) in [5, 5.41) is 0. The molecule has 0 aliphatic carbocycles. The molecule has 2 heteroatoms. The van der Waals surface area contributed by atoms with E-state index in [1.807, 2.05) is 0 Å². The van der Waals surface area contributed by atoms with Gasteiger partial charge in [-0.2, -0.15) is 0 Å². The number of unbranched alkanes of at least 4 members (excludes halogenated alkanes) is 21. The Balaban J connectivity index is 2.26. The molecule has 0 amide bonds. The van der Waals surface area contributed by atoms with Gasteiger partial charge in [-0.05, 0) is 25.7 Å². The van der Waals surface area contributed by atoms with Gasteiger partial charge >= 0.3 is 0 Å². The van der Waals surface area contributed by atoms with Gasteiger partial charge in [0.1, 0.15) is 6.17 Å². The molecular formula is C33H66N2. The lowest BCUT2D eigenvalue weighted by atomic mass is 10.0. The van der Waals surface area contributed by atoms with Crippen LogP contribution in [0.3, 0.4) is 0 Å². The molecule has 35 heavy (non-hydrogen) atoms. The van der Waals surface area contributed by atoms with Crippen LogP contribution in [0.2, 0.25) is 0 Å². The van der Waals surface area contributed by atoms with Gasteiger partial charge in [0.15, 0.2) is 0 Å². The smallest absolute Gasteiger partial charge is 0.101 e. The van der Waals surface area contributed by atoms with Crippen LogP contribution in [0.1, 0.15) is 181 Å². The lowest BCUT2D eigenvalue weighted by Gasteiger charge is -2.33. The molecule has 1 atom stereocenters. The Morgan fingerprint density at radius 2 is 0.657 bits per heavy atom. The topological polar surface area (TPSA) is 6.48 Å². The highest BCUT2D eigenvalue weighted by Crippen LogP contribution is 2.24. The van der Waals surface area contributed by atoms with Crippen molar-refractivity contribution in [1.82, 2.24) is 9.80 Å². The quantitative estimate of drug-likeness (QED) is 0.106. The molecule has 0 radical (unpaired) electrons. The van der Waals surface area contributed by atoms with Crippen molar-refractivity contribution in [1.29, 1.82) is 0 Å². The summed E-state index contributed by atoms with van der Waals surface area (Å²) in [5.74, 6) is 0. The highest BCUT2D eigenvalue weighted by atomic mass is 15.4. The summed E-state index contributed by atoms with van der Waals surface area (Å²) < 4.78 is 0. The number of hydrogen-bond donors (Lipinski definition) is 0. The molecule has 1 unspecified atom stereocenters. The lowest BCUT2D eigenvalue weighted by molar-refractivity contribution is 0.135. The van der Waals surface area contributed by atoms with Gasteiger partial charge in [-0.1, -0.05) is 156 Å². The molecule has 1 aliphatic rings. The average Bonchev–Trinajstić information content (AvgIpc) is 3.25. The van der Waals surface area contributed by atoms with E-state index in [9.17, 15) is 0 Å². The van der Waals surface area contributed by atoms with E-state index in [0.717, 1.165) is 0 Å². The van der Waals surface area contributed by atoms with Gasteiger partial charge in [-0.25, -0.2) is 0 Å². The van der Waals surface area contributed by atoms with E-state index in [1.165, 1.54) is 174 Å². The van der Waals surface area contributed by atoms with Crippen LogP contribution in [0, 0.1) is 0 Å². The minimum Gasteiger partial charge on any atom is -0.356 e. The first-order valence-electron chi connectivity index (χ1n) is 16.5. The highest BCUT2D eigenvalue weighted by Gasteiger charge is 2.24. The molecule has 0 N–H and O–H groups in total. The van der Waals surface area contributed by atoms with Crippen LogP contribution in [0.25, 0.3) is 0 Å². The summed E-state index contributed by atoms with van der Waals surface area (Å²) in [5.41, 5.74) is 0. The Bertz CT molecular complexity index is 446. The zero-order chi connectivity index (χ0) is 25.2. The van der Waals surface area contributed by atoms with Crippen molar-refractivity contribution in [3.05, 3.63) is 12.4 Å². The fourth-order valence-corrected chi connectivity index (χ4v) is 5.66. The molecule has 0 bridgehead atoms. The van der Waals surface area contributed by atoms with Gasteiger partial charge in [0.2, 0.25) is 0 Å². The Labute approximate surface area is 222 Å². The Morgan fingerprint density at radius 1 is 0.371 bits per heavy atom. The van der Waals surface area contributed by atoms with Crippen molar-refractivity contribution in [3.63, 3.8) is 0 Å². The number of hydrogen-bond acceptors (Lipinski definition) is 2. The maximum absolute atomic E-state index is 2.70. The maximum atomic E-state index is 2.70. The molecule has 1 rings (SSSR count). The maximum Gasteiger partial charge on any atom is 0.101 e. The molecule has 208 valence electrons. The Hall–Kier alpha value is -0.660. The molecule has 0 spiro atoms. The van der Waals surface area contributed by atoms with E-state index in [0.29, 0.717) is 6.17 Å². The van der Waals surface area contributed by atoms with Gasteiger partial charge in [-0.15, -0.1) is 0 Å². The number of nitrogens with zero attached hydrogens (tertiary/aromatic N) is 2. The van der Waals surface area contributed by atoms with Crippen LogP contribution >= 0.6 is 0 Å². The van der Waals surface area contributed by atoms with Gasteiger partial charge < -0.3 is 9.80 Å². The summed E-state index contributed by atoms with van der Waals surface area (Å²) in [6, 6.07) is 0. The SMILES string of the molecule is CCCCCCCCCCCC1N(CCCCCCCC)C=CN1CCCCCCCCCCC. The molecular weight excluding hydrogens is 424 g/mol. The molecule has 0 saturated carbocycles. The van der Waals surface area contributed by atoms with Crippen molar-refractivity contribution in [2.75, 3.05) is 13.1 Å². The van der Waals surface area contributed by atoms with Crippen molar-refractivity contribution in [3.8, 4) is 0 Å². The second-order valence-corrected chi connectivity index (χ2v) is 11.5. The molecule has 0 saturated heterocycles. The second kappa shape index (κ2) is 25.0. The zero-order valence-corrected chi connectivity index (χ0v) is 24.7. The third-order valence-electron chi connectivity index (χ3n) is 8.07. The first kappa shape index (κ1) is 32.4. The summed E-state index contributed by atoms with van der Waals surface area (Å²) in [6.07, 6.45) is 41.0. The van der Waals surface area contributed by atoms with Crippen molar-refractivity contribution >= 4 is 0 Å². The summed E-state index contributed by atoms with van der Waals surface area (Å²) in [7, 11) is 0. The van der Waals surface area contributed by atoms with Crippen LogP contribution in [0.15, 0.2) is 12.4 Å². The minimum atomic E-state index is 0.643. The third kappa shape index (κ3) is 18.3. The molecule has 0 aromatic heterocycles. The standard InChI is InChI=1S/C33H66N2/c1-4-7-10-13-16-18-20-22-25-28-33-34(29-26-23-15-12-9-6-3)31-32-35(33)30-27-24-21-19-17-14-11-8-5-2/h31-33H,4-30H2,1-3H3. The van der Waals surface area contributed by atoms with Gasteiger partial charge in [0.05, 0.1) is 0 Å². The fourth-order valence-electron chi connectivity index (χ4n) is 5.66. The van der Waals surface area contributed by atoms with E-state index in [-0.39, 0.29) is 0 Å². The summed E-state index contributed by atoms with van der Waals surface area (Å²) in [4.78, 5) is 5.39. The fraction of sp³-hybridized carbons (Fsp3) is 0.939. The van der Waals surface area contributed by atoms with Crippen LogP contribution in [-0.4, -0.2) is 29.1 Å². The predicted octanol–water partition coefficient (Wildman–Crippen LogP) is 11.2. The summed E-state index contributed by atoms with van der Waals surface area (Å²) >= 11 is 0. The van der Waals surface area contributed by atoms with Gasteiger partial charge in [0, 0.05) is 25.5 Å². The molecule has 1 heterocycles. The Morgan fingerprint density at radius 3 is 1.00 bits per heavy atom. The third-order valence-corrected chi connectivity index (χ3v) is 8.07. The first-order valence-corrected chi connectivity index (χ1v) is 16.5. The van der Waals surface area contributed by atoms with Crippen molar-refractivity contribution in [2.24, 2.45) is 0 Å². The Kier molecular flexibility index (Phi) is 23.1. The van der Waals surface area contributed by atoms with Crippen LogP contribution < -0.4 is 0 Å². The van der Waals surface area contributed by atoms with E-state index in [4.69, 9.17) is 0 Å². The normalized spacial score (nSPS) is 15.6.